The molecule has 0 atom stereocenters. The minimum absolute atomic E-state index is 0.0949. The largest absolute Gasteiger partial charge is 0.355 e. The van der Waals surface area contributed by atoms with Crippen LogP contribution < -0.4 is 5.32 Å². The van der Waals surface area contributed by atoms with E-state index in [1.54, 1.807) is 19.1 Å². The molecule has 0 aliphatic heterocycles. The zero-order valence-corrected chi connectivity index (χ0v) is 9.90. The van der Waals surface area contributed by atoms with Crippen LogP contribution in [-0.4, -0.2) is 17.9 Å². The van der Waals surface area contributed by atoms with Gasteiger partial charge in [-0.25, -0.2) is 0 Å². The van der Waals surface area contributed by atoms with E-state index in [1.807, 2.05) is 13.8 Å². The summed E-state index contributed by atoms with van der Waals surface area (Å²) in [6.45, 7) is 5.60. The Morgan fingerprint density at radius 2 is 1.94 bits per heavy atom. The van der Waals surface area contributed by atoms with Gasteiger partial charge < -0.3 is 5.32 Å². The van der Waals surface area contributed by atoms with Crippen molar-refractivity contribution >= 4 is 11.6 Å². The molecule has 5 heteroatoms. The number of rotatable bonds is 2. The van der Waals surface area contributed by atoms with Gasteiger partial charge >= 0.3 is 0 Å². The molecule has 0 bridgehead atoms. The van der Waals surface area contributed by atoms with Crippen LogP contribution in [0.3, 0.4) is 0 Å². The summed E-state index contributed by atoms with van der Waals surface area (Å²) in [5.41, 5.74) is 0.445. The number of nitrogens with one attached hydrogen (secondary N) is 1. The summed E-state index contributed by atoms with van der Waals surface area (Å²) in [7, 11) is 1.44. The van der Waals surface area contributed by atoms with Gasteiger partial charge in [0, 0.05) is 12.6 Å². The van der Waals surface area contributed by atoms with Crippen LogP contribution in [0.1, 0.15) is 29.8 Å². The van der Waals surface area contributed by atoms with Crippen molar-refractivity contribution in [2.24, 2.45) is 0 Å². The molecule has 1 aromatic carbocycles. The Hall–Kier alpha value is -1.91. The number of amides is 1. The lowest BCUT2D eigenvalue weighted by molar-refractivity contribution is -0.385. The van der Waals surface area contributed by atoms with E-state index in [-0.39, 0.29) is 11.3 Å². The van der Waals surface area contributed by atoms with Crippen LogP contribution in [0, 0.1) is 17.0 Å². The molecule has 16 heavy (non-hydrogen) atoms. The Balaban J connectivity index is 0.00000106. The summed E-state index contributed by atoms with van der Waals surface area (Å²) in [4.78, 5) is 21.4. The maximum Gasteiger partial charge on any atom is 0.285 e. The molecule has 88 valence electrons. The van der Waals surface area contributed by atoms with E-state index in [0.29, 0.717) is 5.56 Å². The molecular weight excluding hydrogens is 208 g/mol. The zero-order valence-electron chi connectivity index (χ0n) is 9.90. The van der Waals surface area contributed by atoms with Crippen LogP contribution in [0.5, 0.6) is 0 Å². The first-order valence-corrected chi connectivity index (χ1v) is 5.04. The second-order valence-corrected chi connectivity index (χ2v) is 2.81. The molecule has 0 aliphatic carbocycles. The molecule has 0 saturated heterocycles. The summed E-state index contributed by atoms with van der Waals surface area (Å²) < 4.78 is 0. The van der Waals surface area contributed by atoms with Crippen LogP contribution in [0.2, 0.25) is 0 Å². The lowest BCUT2D eigenvalue weighted by atomic mass is 10.1. The quantitative estimate of drug-likeness (QED) is 0.618. The lowest BCUT2D eigenvalue weighted by Crippen LogP contribution is -2.19. The Kier molecular flexibility index (Phi) is 5.77. The number of para-hydroxylation sites is 1. The van der Waals surface area contributed by atoms with Crippen LogP contribution in [0.25, 0.3) is 0 Å². The standard InChI is InChI=1S/C9H10N2O3.C2H6/c1-6-4-3-5-7(9(12)10-2)8(6)11(13)14;1-2/h3-5H,1-2H3,(H,10,12);1-2H3. The van der Waals surface area contributed by atoms with Crippen molar-refractivity contribution in [2.45, 2.75) is 20.8 Å². The SMILES string of the molecule is CC.CNC(=O)c1cccc(C)c1[N+](=O)[O-]. The number of carbonyl (C=O) groups excluding carboxylic acids is 1. The van der Waals surface area contributed by atoms with Gasteiger partial charge in [0.1, 0.15) is 5.56 Å². The first-order chi connectivity index (χ1) is 7.57. The summed E-state index contributed by atoms with van der Waals surface area (Å²) in [6, 6.07) is 4.65. The van der Waals surface area contributed by atoms with Gasteiger partial charge in [0.05, 0.1) is 4.92 Å². The van der Waals surface area contributed by atoms with Gasteiger partial charge in [-0.1, -0.05) is 26.0 Å². The molecular formula is C11H16N2O3. The normalized spacial score (nSPS) is 8.75. The third-order valence-electron chi connectivity index (χ3n) is 1.89. The van der Waals surface area contributed by atoms with E-state index >= 15 is 0 Å². The number of hydrogen-bond donors (Lipinski definition) is 1. The van der Waals surface area contributed by atoms with E-state index in [9.17, 15) is 14.9 Å². The van der Waals surface area contributed by atoms with Crippen molar-refractivity contribution in [2.75, 3.05) is 7.05 Å². The molecule has 0 spiro atoms. The molecule has 1 N–H and O–H groups in total. The van der Waals surface area contributed by atoms with E-state index in [1.165, 1.54) is 13.1 Å². The summed E-state index contributed by atoms with van der Waals surface area (Å²) in [6.07, 6.45) is 0. The van der Waals surface area contributed by atoms with Crippen molar-refractivity contribution < 1.29 is 9.72 Å². The van der Waals surface area contributed by atoms with Gasteiger partial charge in [-0.3, -0.25) is 14.9 Å². The van der Waals surface area contributed by atoms with Gasteiger partial charge in [0.2, 0.25) is 0 Å². The minimum atomic E-state index is -0.542. The number of benzene rings is 1. The number of nitro groups is 1. The van der Waals surface area contributed by atoms with E-state index in [0.717, 1.165) is 0 Å². The fourth-order valence-electron chi connectivity index (χ4n) is 1.22. The second-order valence-electron chi connectivity index (χ2n) is 2.81. The Morgan fingerprint density at radius 1 is 1.38 bits per heavy atom. The molecule has 1 amide bonds. The summed E-state index contributed by atoms with van der Waals surface area (Å²) in [5.74, 6) is -0.444. The number of nitrogens with zero attached hydrogens (tertiary/aromatic N) is 1. The van der Waals surface area contributed by atoms with Crippen molar-refractivity contribution in [3.8, 4) is 0 Å². The molecule has 0 saturated carbocycles. The van der Waals surface area contributed by atoms with Crippen LogP contribution in [-0.2, 0) is 0 Å². The predicted molar refractivity (Wildman–Crippen MR) is 62.6 cm³/mol. The highest BCUT2D eigenvalue weighted by Crippen LogP contribution is 2.22. The Bertz CT molecular complexity index is 389. The topological polar surface area (TPSA) is 72.2 Å². The van der Waals surface area contributed by atoms with Crippen LogP contribution >= 0.6 is 0 Å². The highest BCUT2D eigenvalue weighted by molar-refractivity contribution is 5.98. The maximum atomic E-state index is 11.3. The first kappa shape index (κ1) is 14.1. The average molecular weight is 224 g/mol. The lowest BCUT2D eigenvalue weighted by Gasteiger charge is -2.03. The van der Waals surface area contributed by atoms with Gasteiger partial charge in [0.25, 0.3) is 11.6 Å². The minimum Gasteiger partial charge on any atom is -0.355 e. The molecule has 1 rings (SSSR count). The highest BCUT2D eigenvalue weighted by atomic mass is 16.6. The third kappa shape index (κ3) is 3.05. The summed E-state index contributed by atoms with van der Waals surface area (Å²) >= 11 is 0. The van der Waals surface area contributed by atoms with E-state index < -0.39 is 10.8 Å². The van der Waals surface area contributed by atoms with Gasteiger partial charge in [-0.2, -0.15) is 0 Å². The third-order valence-corrected chi connectivity index (χ3v) is 1.89. The molecule has 0 radical (unpaired) electrons. The first-order valence-electron chi connectivity index (χ1n) is 5.04. The number of carbonyl (C=O) groups is 1. The number of aryl methyl sites for hydroxylation is 1. The average Bonchev–Trinajstić information content (AvgIpc) is 2.29. The maximum absolute atomic E-state index is 11.3. The second kappa shape index (κ2) is 6.55. The number of nitro benzene ring substituents is 1. The molecule has 0 unspecified atom stereocenters. The smallest absolute Gasteiger partial charge is 0.285 e. The van der Waals surface area contributed by atoms with Crippen molar-refractivity contribution in [1.29, 1.82) is 0 Å². The van der Waals surface area contributed by atoms with Crippen LogP contribution in [0.4, 0.5) is 5.69 Å². The Morgan fingerprint density at radius 3 is 2.38 bits per heavy atom. The monoisotopic (exact) mass is 224 g/mol. The van der Waals surface area contributed by atoms with Gasteiger partial charge in [0.15, 0.2) is 0 Å². The van der Waals surface area contributed by atoms with E-state index in [2.05, 4.69) is 5.32 Å². The highest BCUT2D eigenvalue weighted by Gasteiger charge is 2.20. The van der Waals surface area contributed by atoms with Crippen LogP contribution in [0.15, 0.2) is 18.2 Å². The molecule has 0 aromatic heterocycles. The van der Waals surface area contributed by atoms with Gasteiger partial charge in [-0.05, 0) is 13.0 Å². The molecule has 0 aliphatic rings. The van der Waals surface area contributed by atoms with E-state index in [4.69, 9.17) is 0 Å². The molecule has 1 aromatic rings. The fourth-order valence-corrected chi connectivity index (χ4v) is 1.22. The Labute approximate surface area is 94.6 Å². The molecule has 5 nitrogen and oxygen atoms in total. The van der Waals surface area contributed by atoms with Crippen molar-refractivity contribution in [1.82, 2.24) is 5.32 Å². The molecule has 0 heterocycles. The zero-order chi connectivity index (χ0) is 12.7. The summed E-state index contributed by atoms with van der Waals surface area (Å²) in [5, 5.41) is 13.0. The van der Waals surface area contributed by atoms with Crippen molar-refractivity contribution in [3.63, 3.8) is 0 Å². The van der Waals surface area contributed by atoms with Gasteiger partial charge in [-0.15, -0.1) is 0 Å². The van der Waals surface area contributed by atoms with Crippen molar-refractivity contribution in [3.05, 3.63) is 39.4 Å². The predicted octanol–water partition coefficient (Wildman–Crippen LogP) is 2.29. The molecule has 0 fully saturated rings. The fraction of sp³-hybridized carbons (Fsp3) is 0.364. The number of hydrogen-bond acceptors (Lipinski definition) is 3.